The number of hydroxylamine groups is 2. The number of hydrogen-bond donors (Lipinski definition) is 2. The summed E-state index contributed by atoms with van der Waals surface area (Å²) in [5.74, 6) is 0.599. The molecule has 14 heteroatoms. The maximum Gasteiger partial charge on any atom is 0.418 e. The van der Waals surface area contributed by atoms with Crippen molar-refractivity contribution in [3.63, 3.8) is 0 Å². The molecule has 0 saturated carbocycles. The van der Waals surface area contributed by atoms with Crippen LogP contribution in [0, 0.1) is 0 Å². The molecule has 1 aromatic rings. The number of rotatable bonds is 7. The molecule has 2 aliphatic rings. The van der Waals surface area contributed by atoms with Gasteiger partial charge in [0.25, 0.3) is 0 Å². The lowest BCUT2D eigenvalue weighted by Crippen LogP contribution is -2.35. The van der Waals surface area contributed by atoms with Gasteiger partial charge in [-0.1, -0.05) is 0 Å². The van der Waals surface area contributed by atoms with Gasteiger partial charge in [0.15, 0.2) is 0 Å². The number of aryl methyl sites for hydroxylation is 1. The Bertz CT molecular complexity index is 896. The highest BCUT2D eigenvalue weighted by Gasteiger charge is 2.49. The normalized spacial score (nSPS) is 21.8. The van der Waals surface area contributed by atoms with E-state index in [1.807, 2.05) is 0 Å². The average Bonchev–Trinajstić information content (AvgIpc) is 3.16. The van der Waals surface area contributed by atoms with Gasteiger partial charge >= 0.3 is 22.5 Å². The minimum Gasteiger partial charge on any atom is -0.444 e. The maximum atomic E-state index is 12.4. The predicted molar refractivity (Wildman–Crippen MR) is 99.2 cm³/mol. The number of aromatic nitrogens is 2. The lowest BCUT2D eigenvalue weighted by Gasteiger charge is -2.27. The lowest BCUT2D eigenvalue weighted by atomic mass is 10.0. The van der Waals surface area contributed by atoms with Gasteiger partial charge in [-0.3, -0.25) is 4.55 Å². The Balaban J connectivity index is 1.52. The van der Waals surface area contributed by atoms with E-state index in [0.717, 1.165) is 0 Å². The zero-order valence-electron chi connectivity index (χ0n) is 16.9. The fourth-order valence-electron chi connectivity index (χ4n) is 3.33. The molecule has 2 saturated heterocycles. The maximum absolute atomic E-state index is 12.4. The number of fused-ring (bicyclic) bond motifs is 2. The van der Waals surface area contributed by atoms with Gasteiger partial charge in [0.2, 0.25) is 11.8 Å². The fraction of sp³-hybridized carbons (Fsp3) is 0.750. The number of alkyl carbamates (subject to hydrolysis) is 1. The van der Waals surface area contributed by atoms with Crippen molar-refractivity contribution >= 4 is 22.5 Å². The van der Waals surface area contributed by atoms with E-state index < -0.39 is 40.2 Å². The van der Waals surface area contributed by atoms with E-state index in [2.05, 4.69) is 19.8 Å². The van der Waals surface area contributed by atoms with Gasteiger partial charge in [0.05, 0.1) is 6.04 Å². The summed E-state index contributed by atoms with van der Waals surface area (Å²) in [5, 5.41) is 11.3. The molecule has 2 fully saturated rings. The van der Waals surface area contributed by atoms with Crippen LogP contribution in [0.1, 0.15) is 57.9 Å². The number of amides is 3. The quantitative estimate of drug-likeness (QED) is 0.458. The molecule has 1 aromatic heterocycles. The zero-order valence-corrected chi connectivity index (χ0v) is 17.7. The summed E-state index contributed by atoms with van der Waals surface area (Å²) >= 11 is 0. The standard InChI is InChI=1S/C16H25N5O8S/c1-16(2,3)28-14(22)17-8-4-5-12-18-19-13(27-12)11-7-6-10-9-20(11)15(23)21(10)29-30(24,25)26/h10-11H,4-9H2,1-3H3,(H,17,22)(H,24,25,26)/t10-,11-/m0/s1. The van der Waals surface area contributed by atoms with Gasteiger partial charge in [0.1, 0.15) is 11.6 Å². The van der Waals surface area contributed by atoms with Crippen molar-refractivity contribution in [2.24, 2.45) is 0 Å². The summed E-state index contributed by atoms with van der Waals surface area (Å²) in [4.78, 5) is 25.4. The van der Waals surface area contributed by atoms with Crippen molar-refractivity contribution in [1.82, 2.24) is 25.5 Å². The predicted octanol–water partition coefficient (Wildman–Crippen LogP) is 1.20. The van der Waals surface area contributed by atoms with E-state index in [4.69, 9.17) is 13.7 Å². The zero-order chi connectivity index (χ0) is 22.1. The summed E-state index contributed by atoms with van der Waals surface area (Å²) in [6.45, 7) is 5.92. The molecule has 2 atom stereocenters. The Morgan fingerprint density at radius 1 is 1.33 bits per heavy atom. The first-order chi connectivity index (χ1) is 13.9. The van der Waals surface area contributed by atoms with Crippen molar-refractivity contribution in [3.8, 4) is 0 Å². The number of carbonyl (C=O) groups excluding carboxylic acids is 2. The summed E-state index contributed by atoms with van der Waals surface area (Å²) in [6.07, 6.45) is 1.38. The van der Waals surface area contributed by atoms with E-state index in [1.54, 1.807) is 20.8 Å². The van der Waals surface area contributed by atoms with Crippen molar-refractivity contribution in [2.75, 3.05) is 13.1 Å². The number of urea groups is 1. The highest BCUT2D eigenvalue weighted by atomic mass is 32.3. The third-order valence-electron chi connectivity index (χ3n) is 4.50. The summed E-state index contributed by atoms with van der Waals surface area (Å²) in [5.41, 5.74) is -0.570. The number of nitrogens with one attached hydrogen (secondary N) is 1. The molecule has 0 aromatic carbocycles. The first-order valence-electron chi connectivity index (χ1n) is 9.49. The third kappa shape index (κ3) is 5.58. The Morgan fingerprint density at radius 2 is 2.07 bits per heavy atom. The van der Waals surface area contributed by atoms with Crippen LogP contribution < -0.4 is 5.32 Å². The monoisotopic (exact) mass is 447 g/mol. The fourth-order valence-corrected chi connectivity index (χ4v) is 3.72. The second-order valence-corrected chi connectivity index (χ2v) is 9.08. The van der Waals surface area contributed by atoms with Crippen molar-refractivity contribution in [2.45, 2.75) is 64.1 Å². The summed E-state index contributed by atoms with van der Waals surface area (Å²) in [7, 11) is -4.80. The van der Waals surface area contributed by atoms with Crippen LogP contribution >= 0.6 is 0 Å². The minimum absolute atomic E-state index is 0.219. The molecule has 2 bridgehead atoms. The molecular weight excluding hydrogens is 422 g/mol. The Labute approximate surface area is 173 Å². The smallest absolute Gasteiger partial charge is 0.418 e. The van der Waals surface area contributed by atoms with Crippen LogP contribution in [-0.2, 0) is 25.8 Å². The first-order valence-corrected chi connectivity index (χ1v) is 10.9. The molecule has 2 aliphatic heterocycles. The number of hydrogen-bond acceptors (Lipinski definition) is 9. The molecule has 3 rings (SSSR count). The molecule has 13 nitrogen and oxygen atoms in total. The van der Waals surface area contributed by atoms with Gasteiger partial charge in [0, 0.05) is 19.5 Å². The second kappa shape index (κ2) is 8.35. The second-order valence-electron chi connectivity index (χ2n) is 8.08. The van der Waals surface area contributed by atoms with Crippen LogP contribution in [0.15, 0.2) is 4.42 Å². The average molecular weight is 447 g/mol. The van der Waals surface area contributed by atoms with Gasteiger partial charge < -0.3 is 19.4 Å². The topological polar surface area (TPSA) is 164 Å². The van der Waals surface area contributed by atoms with Gasteiger partial charge in [-0.2, -0.15) is 13.5 Å². The van der Waals surface area contributed by atoms with Gasteiger partial charge in [-0.25, -0.2) is 9.59 Å². The highest BCUT2D eigenvalue weighted by molar-refractivity contribution is 7.80. The van der Waals surface area contributed by atoms with E-state index in [0.29, 0.717) is 43.2 Å². The Hall–Kier alpha value is -2.45. The van der Waals surface area contributed by atoms with Crippen LogP contribution in [-0.4, -0.2) is 70.0 Å². The van der Waals surface area contributed by atoms with Crippen molar-refractivity contribution < 1.29 is 36.0 Å². The number of piperidine rings is 1. The third-order valence-corrected chi connectivity index (χ3v) is 4.85. The molecule has 0 radical (unpaired) electrons. The molecule has 2 N–H and O–H groups in total. The van der Waals surface area contributed by atoms with Crippen molar-refractivity contribution in [1.29, 1.82) is 0 Å². The highest BCUT2D eigenvalue weighted by Crippen LogP contribution is 2.38. The SMILES string of the molecule is CC(C)(C)OC(=O)NCCCc1nnc([C@@H]2CC[C@H]3CN2C(=O)N3OS(=O)(=O)O)o1. The van der Waals surface area contributed by atoms with E-state index in [-0.39, 0.29) is 12.4 Å². The van der Waals surface area contributed by atoms with Crippen LogP contribution in [0.3, 0.4) is 0 Å². The molecule has 168 valence electrons. The summed E-state index contributed by atoms with van der Waals surface area (Å²) < 4.78 is 46.0. The van der Waals surface area contributed by atoms with E-state index >= 15 is 0 Å². The van der Waals surface area contributed by atoms with Crippen LogP contribution in [0.5, 0.6) is 0 Å². The number of ether oxygens (including phenoxy) is 1. The molecular formula is C16H25N5O8S. The molecule has 30 heavy (non-hydrogen) atoms. The molecule has 0 aliphatic carbocycles. The molecule has 3 amide bonds. The minimum atomic E-state index is -4.80. The molecule has 0 unspecified atom stereocenters. The van der Waals surface area contributed by atoms with Gasteiger partial charge in [-0.05, 0) is 40.0 Å². The Kier molecular flexibility index (Phi) is 6.19. The first kappa shape index (κ1) is 22.2. The largest absolute Gasteiger partial charge is 0.444 e. The lowest BCUT2D eigenvalue weighted by molar-refractivity contribution is -0.0317. The molecule has 3 heterocycles. The number of nitrogens with zero attached hydrogens (tertiary/aromatic N) is 4. The number of carbonyl (C=O) groups is 2. The Morgan fingerprint density at radius 3 is 2.73 bits per heavy atom. The van der Waals surface area contributed by atoms with E-state index in [1.165, 1.54) is 4.90 Å². The molecule has 0 spiro atoms. The van der Waals surface area contributed by atoms with Crippen LogP contribution in [0.25, 0.3) is 0 Å². The van der Waals surface area contributed by atoms with Crippen molar-refractivity contribution in [3.05, 3.63) is 11.8 Å². The van der Waals surface area contributed by atoms with Gasteiger partial charge in [-0.15, -0.1) is 14.5 Å². The van der Waals surface area contributed by atoms with E-state index in [9.17, 15) is 18.0 Å². The summed E-state index contributed by atoms with van der Waals surface area (Å²) in [6, 6.07) is -1.69. The van der Waals surface area contributed by atoms with Crippen LogP contribution in [0.2, 0.25) is 0 Å². The van der Waals surface area contributed by atoms with Crippen LogP contribution in [0.4, 0.5) is 9.59 Å².